The van der Waals surface area contributed by atoms with E-state index in [9.17, 15) is 0 Å². The first-order valence-electron chi connectivity index (χ1n) is 5.38. The van der Waals surface area contributed by atoms with Crippen molar-refractivity contribution in [1.29, 1.82) is 0 Å². The molecule has 0 unspecified atom stereocenters. The summed E-state index contributed by atoms with van der Waals surface area (Å²) in [5, 5.41) is 4.70. The van der Waals surface area contributed by atoms with Gasteiger partial charge >= 0.3 is 26.2 Å². The fourth-order valence-electron chi connectivity index (χ4n) is 1.61. The van der Waals surface area contributed by atoms with Crippen LogP contribution < -0.4 is 0 Å². The molecule has 0 saturated heterocycles. The van der Waals surface area contributed by atoms with Gasteiger partial charge in [0.05, 0.1) is 0 Å². The summed E-state index contributed by atoms with van der Waals surface area (Å²) in [4.78, 5) is 4.35. The van der Waals surface area contributed by atoms with Crippen molar-refractivity contribution < 1.29 is 26.2 Å². The second kappa shape index (κ2) is 10.8. The van der Waals surface area contributed by atoms with Crippen molar-refractivity contribution in [2.45, 2.75) is 19.4 Å². The number of nitrogens with zero attached hydrogens (tertiary/aromatic N) is 2. The van der Waals surface area contributed by atoms with Gasteiger partial charge in [-0.25, -0.2) is 0 Å². The molecule has 106 valence electrons. The summed E-state index contributed by atoms with van der Waals surface area (Å²) in [7, 11) is 0. The van der Waals surface area contributed by atoms with Gasteiger partial charge < -0.3 is 27.6 Å². The van der Waals surface area contributed by atoms with Gasteiger partial charge in [-0.2, -0.15) is 0 Å². The molecule has 0 aliphatic heterocycles. The van der Waals surface area contributed by atoms with Crippen LogP contribution in [0.4, 0.5) is 5.69 Å². The van der Waals surface area contributed by atoms with Crippen LogP contribution >= 0.6 is 0 Å². The maximum Gasteiger partial charge on any atom is 4.00 e. The molecule has 0 amide bonds. The summed E-state index contributed by atoms with van der Waals surface area (Å²) < 4.78 is 0. The summed E-state index contributed by atoms with van der Waals surface area (Å²) in [6, 6.07) is 15.9. The maximum absolute atomic E-state index is 4.70. The fourth-order valence-corrected chi connectivity index (χ4v) is 1.61. The van der Waals surface area contributed by atoms with Crippen molar-refractivity contribution in [2.24, 2.45) is 0 Å². The number of pyridine rings is 1. The van der Waals surface area contributed by atoms with Gasteiger partial charge in [0.1, 0.15) is 0 Å². The van der Waals surface area contributed by atoms with E-state index < -0.39 is 0 Å². The number of para-hydroxylation sites is 1. The Morgan fingerprint density at radius 1 is 0.850 bits per heavy atom. The predicted molar refractivity (Wildman–Crippen MR) is 86.0 cm³/mol. The van der Waals surface area contributed by atoms with Crippen LogP contribution in [0, 0.1) is 22.3 Å². The standard InChI is InChI=1S/C14H15N2.3CH3.Zr/c1-14(2,13-10-6-7-11-15-13)16-12-8-4-3-5-9-12;;;;/h3-11H,1-2H3;3*1H3;/q4*-1;+4. The van der Waals surface area contributed by atoms with Gasteiger partial charge in [-0.05, 0) is 12.1 Å². The zero-order valence-electron chi connectivity index (χ0n) is 13.1. The van der Waals surface area contributed by atoms with Crippen LogP contribution in [0.1, 0.15) is 19.5 Å². The quantitative estimate of drug-likeness (QED) is 0.686. The zero-order chi connectivity index (χ0) is 11.4. The van der Waals surface area contributed by atoms with Crippen LogP contribution in [0.15, 0.2) is 54.7 Å². The van der Waals surface area contributed by atoms with Crippen molar-refractivity contribution >= 4 is 5.69 Å². The minimum Gasteiger partial charge on any atom is -0.675 e. The van der Waals surface area contributed by atoms with E-state index in [1.54, 1.807) is 6.20 Å². The molecule has 2 rings (SSSR count). The molecule has 1 heterocycles. The molecule has 0 bridgehead atoms. The summed E-state index contributed by atoms with van der Waals surface area (Å²) in [6.07, 6.45) is 1.80. The van der Waals surface area contributed by atoms with Crippen LogP contribution in [-0.4, -0.2) is 4.98 Å². The predicted octanol–water partition coefficient (Wildman–Crippen LogP) is 5.37. The number of aromatic nitrogens is 1. The van der Waals surface area contributed by atoms with Crippen LogP contribution in [0.2, 0.25) is 0 Å². The average molecular weight is 348 g/mol. The molecule has 3 heteroatoms. The molecule has 0 aliphatic rings. The van der Waals surface area contributed by atoms with Crippen molar-refractivity contribution in [3.63, 3.8) is 0 Å². The molecular weight excluding hydrogens is 323 g/mol. The Bertz CT molecular complexity index is 441. The van der Waals surface area contributed by atoms with Gasteiger partial charge in [-0.3, -0.25) is 4.98 Å². The Morgan fingerprint density at radius 3 is 1.90 bits per heavy atom. The van der Waals surface area contributed by atoms with Crippen molar-refractivity contribution in [2.75, 3.05) is 0 Å². The first-order valence-corrected chi connectivity index (χ1v) is 5.38. The molecule has 2 nitrogen and oxygen atoms in total. The second-order valence-corrected chi connectivity index (χ2v) is 4.22. The van der Waals surface area contributed by atoms with Crippen LogP contribution in [-0.2, 0) is 31.7 Å². The van der Waals surface area contributed by atoms with Gasteiger partial charge in [0, 0.05) is 11.9 Å². The number of hydrogen-bond acceptors (Lipinski definition) is 1. The van der Waals surface area contributed by atoms with E-state index in [0.717, 1.165) is 11.4 Å². The smallest absolute Gasteiger partial charge is 0.675 e. The molecule has 1 aromatic heterocycles. The molecule has 0 spiro atoms. The van der Waals surface area contributed by atoms with Crippen LogP contribution in [0.3, 0.4) is 0 Å². The van der Waals surface area contributed by atoms with E-state index in [1.165, 1.54) is 0 Å². The molecule has 1 aromatic carbocycles. The molecular formula is C17H24N2Zr. The van der Waals surface area contributed by atoms with Gasteiger partial charge in [0.2, 0.25) is 0 Å². The molecule has 0 fully saturated rings. The first-order chi connectivity index (χ1) is 7.68. The molecule has 0 N–H and O–H groups in total. The van der Waals surface area contributed by atoms with Crippen molar-refractivity contribution in [3.8, 4) is 0 Å². The molecule has 20 heavy (non-hydrogen) atoms. The van der Waals surface area contributed by atoms with Crippen molar-refractivity contribution in [1.82, 2.24) is 4.98 Å². The Balaban J connectivity index is -0.000000722. The van der Waals surface area contributed by atoms with Gasteiger partial charge in [-0.15, -0.1) is 5.69 Å². The largest absolute Gasteiger partial charge is 4.00 e. The number of rotatable bonds is 3. The minimum atomic E-state index is -0.289. The summed E-state index contributed by atoms with van der Waals surface area (Å²) in [5.41, 5.74) is 1.68. The monoisotopic (exact) mass is 346 g/mol. The number of benzene rings is 1. The maximum atomic E-state index is 4.70. The SMILES string of the molecule is CC(C)([N-]c1ccccc1)c1ccccn1.[CH3-].[CH3-].[CH3-].[Zr+4]. The summed E-state index contributed by atoms with van der Waals surface area (Å²) >= 11 is 0. The van der Waals surface area contributed by atoms with E-state index in [-0.39, 0.29) is 54.0 Å². The van der Waals surface area contributed by atoms with Crippen LogP contribution in [0.25, 0.3) is 5.32 Å². The normalized spacial score (nSPS) is 8.90. The molecule has 0 aliphatic carbocycles. The molecule has 0 saturated carbocycles. The van der Waals surface area contributed by atoms with Gasteiger partial charge in [0.25, 0.3) is 0 Å². The average Bonchev–Trinajstić information content (AvgIpc) is 2.31. The Hall–Kier alpha value is -0.947. The van der Waals surface area contributed by atoms with E-state index in [1.807, 2.05) is 48.5 Å². The first kappa shape index (κ1) is 24.1. The number of hydrogen-bond donors (Lipinski definition) is 0. The summed E-state index contributed by atoms with van der Waals surface area (Å²) in [5.74, 6) is 0. The third kappa shape index (κ3) is 6.47. The van der Waals surface area contributed by atoms with E-state index in [4.69, 9.17) is 5.32 Å². The molecule has 0 radical (unpaired) electrons. The third-order valence-electron chi connectivity index (χ3n) is 2.46. The fraction of sp³-hybridized carbons (Fsp3) is 0.176. The zero-order valence-corrected chi connectivity index (χ0v) is 15.5. The Morgan fingerprint density at radius 2 is 1.40 bits per heavy atom. The minimum absolute atomic E-state index is 0. The Kier molecular flexibility index (Phi) is 13.0. The van der Waals surface area contributed by atoms with Crippen LogP contribution in [0.5, 0.6) is 0 Å². The van der Waals surface area contributed by atoms with Gasteiger partial charge in [0.15, 0.2) is 0 Å². The molecule has 2 aromatic rings. The van der Waals surface area contributed by atoms with Gasteiger partial charge in [-0.1, -0.05) is 55.8 Å². The Labute approximate surface area is 144 Å². The second-order valence-electron chi connectivity index (χ2n) is 4.22. The topological polar surface area (TPSA) is 27.0 Å². The summed E-state index contributed by atoms with van der Waals surface area (Å²) in [6.45, 7) is 4.14. The van der Waals surface area contributed by atoms with E-state index >= 15 is 0 Å². The van der Waals surface area contributed by atoms with E-state index in [2.05, 4.69) is 18.8 Å². The van der Waals surface area contributed by atoms with E-state index in [0.29, 0.717) is 0 Å². The third-order valence-corrected chi connectivity index (χ3v) is 2.46. The molecule has 0 atom stereocenters. The van der Waals surface area contributed by atoms with Crippen molar-refractivity contribution in [3.05, 3.63) is 88.0 Å².